The van der Waals surface area contributed by atoms with Crippen LogP contribution in [0.5, 0.6) is 0 Å². The molecule has 1 aliphatic heterocycles. The van der Waals surface area contributed by atoms with E-state index in [1.165, 1.54) is 0 Å². The van der Waals surface area contributed by atoms with Crippen LogP contribution >= 0.6 is 0 Å². The molecule has 0 spiro atoms. The Labute approximate surface area is 98.7 Å². The number of carbonyl (C=O) groups excluding carboxylic acids is 2. The Morgan fingerprint density at radius 2 is 2.29 bits per heavy atom. The van der Waals surface area contributed by atoms with Gasteiger partial charge < -0.3 is 21.5 Å². The lowest BCUT2D eigenvalue weighted by atomic mass is 10.1. The average molecular weight is 243 g/mol. The zero-order valence-electron chi connectivity index (χ0n) is 9.44. The molecule has 1 rings (SSSR count). The van der Waals surface area contributed by atoms with Crippen molar-refractivity contribution in [3.05, 3.63) is 0 Å². The fraction of sp³-hybridized carbons (Fsp3) is 0.700. The summed E-state index contributed by atoms with van der Waals surface area (Å²) in [5, 5.41) is 13.6. The van der Waals surface area contributed by atoms with Crippen molar-refractivity contribution in [2.45, 2.75) is 37.8 Å². The Hall–Kier alpha value is -1.63. The summed E-state index contributed by atoms with van der Waals surface area (Å²) in [5.41, 5.74) is 5.52. The summed E-state index contributed by atoms with van der Waals surface area (Å²) in [7, 11) is 0. The van der Waals surface area contributed by atoms with Crippen molar-refractivity contribution in [3.63, 3.8) is 0 Å². The summed E-state index contributed by atoms with van der Waals surface area (Å²) in [6.45, 7) is 0.621. The Kier molecular flexibility index (Phi) is 4.89. The maximum absolute atomic E-state index is 11.6. The number of aliphatic carboxylic acids is 1. The highest BCUT2D eigenvalue weighted by Gasteiger charge is 2.25. The Bertz CT molecular complexity index is 319. The fourth-order valence-electron chi connectivity index (χ4n) is 1.60. The van der Waals surface area contributed by atoms with E-state index in [0.717, 1.165) is 6.42 Å². The van der Waals surface area contributed by atoms with Crippen molar-refractivity contribution >= 4 is 17.8 Å². The highest BCUT2D eigenvalue weighted by atomic mass is 16.4. The molecule has 96 valence electrons. The van der Waals surface area contributed by atoms with Crippen LogP contribution in [-0.4, -0.2) is 41.5 Å². The second-order valence-electron chi connectivity index (χ2n) is 4.03. The van der Waals surface area contributed by atoms with Gasteiger partial charge in [0.1, 0.15) is 6.04 Å². The van der Waals surface area contributed by atoms with E-state index >= 15 is 0 Å². The van der Waals surface area contributed by atoms with Crippen LogP contribution in [0.3, 0.4) is 0 Å². The Morgan fingerprint density at radius 1 is 1.59 bits per heavy atom. The van der Waals surface area contributed by atoms with Crippen molar-refractivity contribution < 1.29 is 19.5 Å². The second-order valence-corrected chi connectivity index (χ2v) is 4.03. The molecule has 2 amide bonds. The lowest BCUT2D eigenvalue weighted by molar-refractivity contribution is -0.137. The number of piperidine rings is 1. The van der Waals surface area contributed by atoms with Gasteiger partial charge >= 0.3 is 5.97 Å². The number of carbonyl (C=O) groups is 3. The fourth-order valence-corrected chi connectivity index (χ4v) is 1.60. The van der Waals surface area contributed by atoms with Gasteiger partial charge in [0.05, 0.1) is 6.04 Å². The first-order valence-corrected chi connectivity index (χ1v) is 5.56. The number of carboxylic acid groups (broad SMARTS) is 1. The van der Waals surface area contributed by atoms with Crippen LogP contribution in [0.15, 0.2) is 0 Å². The number of hydrogen-bond donors (Lipinski definition) is 4. The van der Waals surface area contributed by atoms with E-state index in [1.807, 2.05) is 0 Å². The topological polar surface area (TPSA) is 122 Å². The quantitative estimate of drug-likeness (QED) is 0.472. The van der Waals surface area contributed by atoms with Gasteiger partial charge in [-0.05, 0) is 19.3 Å². The first kappa shape index (κ1) is 13.4. The molecule has 1 heterocycles. The molecule has 7 heteroatoms. The summed E-state index contributed by atoms with van der Waals surface area (Å²) < 4.78 is 0. The van der Waals surface area contributed by atoms with Crippen molar-refractivity contribution in [1.29, 1.82) is 0 Å². The number of hydrogen-bond acceptors (Lipinski definition) is 4. The molecule has 0 aromatic heterocycles. The minimum atomic E-state index is -0.997. The first-order valence-electron chi connectivity index (χ1n) is 5.56. The SMILES string of the molecule is NC(CCC(=O)O)C(=O)NC1CCCNC1=O. The van der Waals surface area contributed by atoms with Crippen LogP contribution in [0.25, 0.3) is 0 Å². The molecule has 1 saturated heterocycles. The van der Waals surface area contributed by atoms with E-state index < -0.39 is 24.0 Å². The second kappa shape index (κ2) is 6.19. The minimum absolute atomic E-state index is 0.0650. The van der Waals surface area contributed by atoms with Crippen LogP contribution in [0, 0.1) is 0 Å². The molecule has 17 heavy (non-hydrogen) atoms. The van der Waals surface area contributed by atoms with Crippen LogP contribution in [0.4, 0.5) is 0 Å². The zero-order chi connectivity index (χ0) is 12.8. The summed E-state index contributed by atoms with van der Waals surface area (Å²) >= 11 is 0. The summed E-state index contributed by atoms with van der Waals surface area (Å²) in [5.74, 6) is -1.69. The van der Waals surface area contributed by atoms with Crippen molar-refractivity contribution in [2.24, 2.45) is 5.73 Å². The first-order chi connectivity index (χ1) is 8.00. The van der Waals surface area contributed by atoms with Crippen molar-refractivity contribution in [2.75, 3.05) is 6.54 Å². The van der Waals surface area contributed by atoms with Gasteiger partial charge in [0.25, 0.3) is 0 Å². The van der Waals surface area contributed by atoms with Gasteiger partial charge in [0, 0.05) is 13.0 Å². The number of nitrogens with one attached hydrogen (secondary N) is 2. The molecular formula is C10H17N3O4. The standard InChI is InChI=1S/C10H17N3O4/c11-6(3-4-8(14)15)9(16)13-7-2-1-5-12-10(7)17/h6-7H,1-5,11H2,(H,12,17)(H,13,16)(H,14,15). The van der Waals surface area contributed by atoms with Gasteiger partial charge in [0.15, 0.2) is 0 Å². The van der Waals surface area contributed by atoms with Crippen LogP contribution < -0.4 is 16.4 Å². The van der Waals surface area contributed by atoms with E-state index in [1.54, 1.807) is 0 Å². The third kappa shape index (κ3) is 4.39. The van der Waals surface area contributed by atoms with Crippen LogP contribution in [0.1, 0.15) is 25.7 Å². The number of nitrogens with two attached hydrogens (primary N) is 1. The zero-order valence-corrected chi connectivity index (χ0v) is 9.44. The summed E-state index contributed by atoms with van der Waals surface area (Å²) in [4.78, 5) is 33.2. The maximum Gasteiger partial charge on any atom is 0.303 e. The molecular weight excluding hydrogens is 226 g/mol. The normalized spacial score (nSPS) is 21.5. The number of amides is 2. The van der Waals surface area contributed by atoms with Gasteiger partial charge in [-0.15, -0.1) is 0 Å². The third-order valence-corrected chi connectivity index (χ3v) is 2.61. The molecule has 2 unspecified atom stereocenters. The van der Waals surface area contributed by atoms with E-state index in [2.05, 4.69) is 10.6 Å². The van der Waals surface area contributed by atoms with E-state index in [-0.39, 0.29) is 18.7 Å². The summed E-state index contributed by atoms with van der Waals surface area (Å²) in [6.07, 6.45) is 1.30. The molecule has 7 nitrogen and oxygen atoms in total. The van der Waals surface area contributed by atoms with Gasteiger partial charge in [-0.2, -0.15) is 0 Å². The molecule has 0 aromatic carbocycles. The number of rotatable bonds is 5. The molecule has 1 fully saturated rings. The number of carboxylic acids is 1. The van der Waals surface area contributed by atoms with Crippen LogP contribution in [0.2, 0.25) is 0 Å². The van der Waals surface area contributed by atoms with Gasteiger partial charge in [-0.3, -0.25) is 14.4 Å². The molecule has 0 aromatic rings. The van der Waals surface area contributed by atoms with E-state index in [9.17, 15) is 14.4 Å². The molecule has 0 radical (unpaired) electrons. The highest BCUT2D eigenvalue weighted by Crippen LogP contribution is 2.04. The van der Waals surface area contributed by atoms with E-state index in [0.29, 0.717) is 13.0 Å². The Morgan fingerprint density at radius 3 is 2.88 bits per heavy atom. The highest BCUT2D eigenvalue weighted by molar-refractivity contribution is 5.90. The van der Waals surface area contributed by atoms with Gasteiger partial charge in [-0.25, -0.2) is 0 Å². The predicted octanol–water partition coefficient (Wildman–Crippen LogP) is -1.43. The van der Waals surface area contributed by atoms with Gasteiger partial charge in [0.2, 0.25) is 11.8 Å². The molecule has 0 saturated carbocycles. The van der Waals surface area contributed by atoms with Crippen molar-refractivity contribution in [1.82, 2.24) is 10.6 Å². The van der Waals surface area contributed by atoms with Crippen molar-refractivity contribution in [3.8, 4) is 0 Å². The lowest BCUT2D eigenvalue weighted by Gasteiger charge is -2.24. The molecule has 1 aliphatic rings. The summed E-state index contributed by atoms with van der Waals surface area (Å²) in [6, 6.07) is -1.44. The largest absolute Gasteiger partial charge is 0.481 e. The monoisotopic (exact) mass is 243 g/mol. The Balaban J connectivity index is 2.36. The molecule has 0 bridgehead atoms. The van der Waals surface area contributed by atoms with Crippen LogP contribution in [-0.2, 0) is 14.4 Å². The smallest absolute Gasteiger partial charge is 0.303 e. The molecule has 5 N–H and O–H groups in total. The molecule has 0 aliphatic carbocycles. The molecule has 2 atom stereocenters. The van der Waals surface area contributed by atoms with E-state index in [4.69, 9.17) is 10.8 Å². The van der Waals surface area contributed by atoms with Gasteiger partial charge in [-0.1, -0.05) is 0 Å². The third-order valence-electron chi connectivity index (χ3n) is 2.61. The maximum atomic E-state index is 11.6. The lowest BCUT2D eigenvalue weighted by Crippen LogP contribution is -2.53. The minimum Gasteiger partial charge on any atom is -0.481 e. The predicted molar refractivity (Wildman–Crippen MR) is 59.0 cm³/mol. The average Bonchev–Trinajstić information content (AvgIpc) is 2.28.